The predicted octanol–water partition coefficient (Wildman–Crippen LogP) is 3.21. The van der Waals surface area contributed by atoms with Gasteiger partial charge in [0.25, 0.3) is 5.91 Å². The minimum Gasteiger partial charge on any atom is -0.454 e. The first-order chi connectivity index (χ1) is 16.0. The summed E-state index contributed by atoms with van der Waals surface area (Å²) < 4.78 is 13.5. The van der Waals surface area contributed by atoms with E-state index in [9.17, 15) is 4.79 Å². The van der Waals surface area contributed by atoms with Crippen LogP contribution in [0.1, 0.15) is 52.1 Å². The second kappa shape index (κ2) is 9.11. The topological polar surface area (TPSA) is 76.6 Å². The van der Waals surface area contributed by atoms with Crippen molar-refractivity contribution >= 4 is 5.91 Å². The van der Waals surface area contributed by atoms with E-state index in [1.165, 1.54) is 5.56 Å². The Bertz CT molecular complexity index is 1100. The van der Waals surface area contributed by atoms with Gasteiger partial charge in [-0.1, -0.05) is 6.07 Å². The fourth-order valence-electron chi connectivity index (χ4n) is 5.15. The van der Waals surface area contributed by atoms with Crippen LogP contribution >= 0.6 is 0 Å². The number of piperidine rings is 1. The number of ether oxygens (including phenoxy) is 1. The van der Waals surface area contributed by atoms with Crippen molar-refractivity contribution in [1.29, 1.82) is 0 Å². The summed E-state index contributed by atoms with van der Waals surface area (Å²) in [6, 6.07) is 10.5. The minimum absolute atomic E-state index is 0.0322. The molecule has 8 heteroatoms. The monoisotopic (exact) mass is 449 g/mol. The van der Waals surface area contributed by atoms with Gasteiger partial charge in [-0.3, -0.25) is 19.4 Å². The van der Waals surface area contributed by atoms with Crippen molar-refractivity contribution in [2.24, 2.45) is 0 Å². The summed E-state index contributed by atoms with van der Waals surface area (Å²) in [6.07, 6.45) is 5.81. The molecule has 0 aliphatic carbocycles. The number of carbonyl (C=O) groups is 1. The molecule has 0 unspecified atom stereocenters. The van der Waals surface area contributed by atoms with E-state index in [-0.39, 0.29) is 18.1 Å². The van der Waals surface area contributed by atoms with Crippen LogP contribution in [0.15, 0.2) is 47.1 Å². The highest BCUT2D eigenvalue weighted by Gasteiger charge is 2.44. The van der Waals surface area contributed by atoms with Crippen LogP contribution in [0.3, 0.4) is 0 Å². The van der Waals surface area contributed by atoms with Gasteiger partial charge in [-0.2, -0.15) is 5.10 Å². The average Bonchev–Trinajstić information content (AvgIpc) is 3.40. The van der Waals surface area contributed by atoms with Crippen LogP contribution in [0.5, 0.6) is 0 Å². The van der Waals surface area contributed by atoms with Gasteiger partial charge in [0.2, 0.25) is 0 Å². The lowest BCUT2D eigenvalue weighted by Gasteiger charge is -2.52. The van der Waals surface area contributed by atoms with Crippen molar-refractivity contribution in [3.8, 4) is 0 Å². The third-order valence-electron chi connectivity index (χ3n) is 6.93. The summed E-state index contributed by atoms with van der Waals surface area (Å²) in [6.45, 7) is 6.89. The Morgan fingerprint density at radius 2 is 2.03 bits per heavy atom. The molecule has 0 spiro atoms. The van der Waals surface area contributed by atoms with E-state index in [0.29, 0.717) is 18.3 Å². The van der Waals surface area contributed by atoms with Crippen molar-refractivity contribution < 1.29 is 13.9 Å². The Hall–Kier alpha value is -2.97. The molecule has 0 N–H and O–H groups in total. The first-order valence-electron chi connectivity index (χ1n) is 11.6. The van der Waals surface area contributed by atoms with E-state index in [1.807, 2.05) is 47.8 Å². The van der Waals surface area contributed by atoms with Crippen LogP contribution in [0, 0.1) is 13.8 Å². The molecule has 2 saturated heterocycles. The van der Waals surface area contributed by atoms with Crippen LogP contribution in [0.25, 0.3) is 0 Å². The molecule has 2 aliphatic rings. The van der Waals surface area contributed by atoms with E-state index in [4.69, 9.17) is 9.15 Å². The van der Waals surface area contributed by atoms with Gasteiger partial charge in [-0.05, 0) is 56.5 Å². The molecular weight excluding hydrogens is 418 g/mol. The molecule has 2 aliphatic heterocycles. The second-order valence-corrected chi connectivity index (χ2v) is 9.08. The maximum Gasteiger partial charge on any atom is 0.289 e. The van der Waals surface area contributed by atoms with Crippen molar-refractivity contribution in [1.82, 2.24) is 24.6 Å². The first kappa shape index (κ1) is 21.9. The zero-order valence-corrected chi connectivity index (χ0v) is 19.5. The molecule has 1 amide bonds. The normalized spacial score (nSPS) is 21.8. The molecule has 2 fully saturated rings. The Labute approximate surface area is 194 Å². The summed E-state index contributed by atoms with van der Waals surface area (Å²) in [7, 11) is 1.78. The zero-order valence-electron chi connectivity index (χ0n) is 19.5. The summed E-state index contributed by atoms with van der Waals surface area (Å²) in [4.78, 5) is 21.8. The number of likely N-dealkylation sites (tertiary alicyclic amines) is 2. The number of amides is 1. The smallest absolute Gasteiger partial charge is 0.289 e. The fraction of sp³-hybridized carbons (Fsp3) is 0.480. The van der Waals surface area contributed by atoms with Crippen molar-refractivity contribution in [3.63, 3.8) is 0 Å². The molecule has 2 atom stereocenters. The Morgan fingerprint density at radius 3 is 2.70 bits per heavy atom. The number of carbonyl (C=O) groups excluding carboxylic acids is 1. The summed E-state index contributed by atoms with van der Waals surface area (Å²) in [5.41, 5.74) is 3.24. The second-order valence-electron chi connectivity index (χ2n) is 9.08. The molecule has 5 rings (SSSR count). The highest BCUT2D eigenvalue weighted by molar-refractivity contribution is 5.91. The number of hydrogen-bond acceptors (Lipinski definition) is 6. The van der Waals surface area contributed by atoms with E-state index in [1.54, 1.807) is 19.4 Å². The number of aryl methyl sites for hydroxylation is 2. The van der Waals surface area contributed by atoms with Gasteiger partial charge < -0.3 is 14.1 Å². The molecule has 0 radical (unpaired) electrons. The lowest BCUT2D eigenvalue weighted by molar-refractivity contribution is -0.115. The van der Waals surface area contributed by atoms with Crippen molar-refractivity contribution in [3.05, 3.63) is 71.2 Å². The molecule has 0 bridgehead atoms. The third-order valence-corrected chi connectivity index (χ3v) is 6.93. The number of methoxy groups -OCH3 is 1. The third kappa shape index (κ3) is 4.32. The van der Waals surface area contributed by atoms with Gasteiger partial charge >= 0.3 is 0 Å². The van der Waals surface area contributed by atoms with Gasteiger partial charge in [0.1, 0.15) is 5.76 Å². The molecule has 5 heterocycles. The predicted molar refractivity (Wildman–Crippen MR) is 123 cm³/mol. The molecular formula is C25H31N5O3. The molecule has 174 valence electrons. The summed E-state index contributed by atoms with van der Waals surface area (Å²) in [5.74, 6) is 1.11. The average molecular weight is 450 g/mol. The molecule has 33 heavy (non-hydrogen) atoms. The van der Waals surface area contributed by atoms with Crippen LogP contribution in [-0.4, -0.2) is 69.4 Å². The Morgan fingerprint density at radius 1 is 1.21 bits per heavy atom. The largest absolute Gasteiger partial charge is 0.454 e. The molecule has 3 aromatic heterocycles. The number of nitrogens with zero attached hydrogens (tertiary/aromatic N) is 5. The van der Waals surface area contributed by atoms with E-state index < -0.39 is 0 Å². The zero-order chi connectivity index (χ0) is 22.9. The summed E-state index contributed by atoms with van der Waals surface area (Å²) in [5, 5.41) is 4.47. The Balaban J connectivity index is 1.19. The maximum absolute atomic E-state index is 13.0. The number of rotatable bonds is 6. The van der Waals surface area contributed by atoms with Gasteiger partial charge in [0.15, 0.2) is 5.76 Å². The number of furan rings is 1. The van der Waals surface area contributed by atoms with Crippen LogP contribution in [0.4, 0.5) is 0 Å². The van der Waals surface area contributed by atoms with Crippen molar-refractivity contribution in [2.75, 3.05) is 26.7 Å². The molecule has 3 aromatic rings. The van der Waals surface area contributed by atoms with E-state index in [0.717, 1.165) is 49.6 Å². The van der Waals surface area contributed by atoms with Gasteiger partial charge in [-0.25, -0.2) is 0 Å². The van der Waals surface area contributed by atoms with Crippen molar-refractivity contribution in [2.45, 2.75) is 51.4 Å². The van der Waals surface area contributed by atoms with Gasteiger partial charge in [0, 0.05) is 50.9 Å². The highest BCUT2D eigenvalue weighted by atomic mass is 16.5. The van der Waals surface area contributed by atoms with E-state index in [2.05, 4.69) is 21.0 Å². The molecule has 8 nitrogen and oxygen atoms in total. The summed E-state index contributed by atoms with van der Waals surface area (Å²) >= 11 is 0. The highest BCUT2D eigenvalue weighted by Crippen LogP contribution is 2.39. The SMILES string of the molecule is CO[C@H]1CN(C2CCN(C(=O)c3ccc(Cn4nc(C)cc4C)o3)CC2)[C@H]1c1cccnc1. The molecule has 0 aromatic carbocycles. The number of pyridine rings is 1. The Kier molecular flexibility index (Phi) is 6.03. The quantitative estimate of drug-likeness (QED) is 0.575. The lowest BCUT2D eigenvalue weighted by atomic mass is 9.87. The van der Waals surface area contributed by atoms with Crippen LogP contribution in [-0.2, 0) is 11.3 Å². The standard InChI is InChI=1S/C25H31N5O3/c1-17-13-18(2)30(27-17)15-21-6-7-22(33-21)25(31)28-11-8-20(9-12-28)29-16-23(32-3)24(29)19-5-4-10-26-14-19/h4-7,10,13-14,20,23-24H,8-9,11-12,15-16H2,1-3H3/t23-,24-/m0/s1. The fourth-order valence-corrected chi connectivity index (χ4v) is 5.15. The minimum atomic E-state index is -0.0322. The van der Waals surface area contributed by atoms with Crippen LogP contribution in [0.2, 0.25) is 0 Å². The van der Waals surface area contributed by atoms with Crippen LogP contribution < -0.4 is 0 Å². The number of aromatic nitrogens is 3. The van der Waals surface area contributed by atoms with Gasteiger partial charge in [0.05, 0.1) is 24.4 Å². The first-order valence-corrected chi connectivity index (χ1v) is 11.6. The lowest BCUT2D eigenvalue weighted by Crippen LogP contribution is -2.60. The maximum atomic E-state index is 13.0. The van der Waals surface area contributed by atoms with Gasteiger partial charge in [-0.15, -0.1) is 0 Å². The van der Waals surface area contributed by atoms with E-state index >= 15 is 0 Å². The molecule has 0 saturated carbocycles. The number of hydrogen-bond donors (Lipinski definition) is 0.